The maximum Gasteiger partial charge on any atom is 0.0752 e. The van der Waals surface area contributed by atoms with Gasteiger partial charge in [0.15, 0.2) is 0 Å². The zero-order valence-electron chi connectivity index (χ0n) is 7.25. The maximum absolute atomic E-state index is 5.41. The molecule has 11 heavy (non-hydrogen) atoms. The van der Waals surface area contributed by atoms with Crippen LogP contribution < -0.4 is 5.73 Å². The molecule has 0 saturated heterocycles. The summed E-state index contributed by atoms with van der Waals surface area (Å²) < 4.78 is 0. The van der Waals surface area contributed by atoms with Crippen molar-refractivity contribution < 1.29 is 0 Å². The topological polar surface area (TPSA) is 38.4 Å². The summed E-state index contributed by atoms with van der Waals surface area (Å²) in [5, 5.41) is 0. The summed E-state index contributed by atoms with van der Waals surface area (Å²) in [5.41, 5.74) is 6.44. The molecule has 0 aliphatic heterocycles. The molecule has 0 spiro atoms. The van der Waals surface area contributed by atoms with Gasteiger partial charge in [-0.05, 0) is 31.8 Å². The van der Waals surface area contributed by atoms with E-state index >= 15 is 0 Å². The standard InChI is InChI=1S/C9H16N2/c1-4-6-8(7-10)9(5-2)11-3/h4,6-7,9H,3,5,10H2,1-2H3/b6-4-,8-7-. The molecule has 0 aliphatic carbocycles. The molecule has 1 atom stereocenters. The lowest BCUT2D eigenvalue weighted by molar-refractivity contribution is 0.760. The second-order valence-corrected chi connectivity index (χ2v) is 2.27. The molecule has 0 radical (unpaired) electrons. The van der Waals surface area contributed by atoms with E-state index in [1.807, 2.05) is 19.1 Å². The first kappa shape index (κ1) is 9.95. The fourth-order valence-corrected chi connectivity index (χ4v) is 0.940. The van der Waals surface area contributed by atoms with E-state index in [1.54, 1.807) is 6.20 Å². The Kier molecular flexibility index (Phi) is 5.17. The molecule has 0 fully saturated rings. The van der Waals surface area contributed by atoms with Gasteiger partial charge >= 0.3 is 0 Å². The van der Waals surface area contributed by atoms with Crippen LogP contribution in [-0.4, -0.2) is 12.8 Å². The van der Waals surface area contributed by atoms with E-state index in [0.717, 1.165) is 12.0 Å². The summed E-state index contributed by atoms with van der Waals surface area (Å²) in [4.78, 5) is 3.95. The van der Waals surface area contributed by atoms with Crippen molar-refractivity contribution in [3.8, 4) is 0 Å². The van der Waals surface area contributed by atoms with Crippen LogP contribution in [0.5, 0.6) is 0 Å². The van der Waals surface area contributed by atoms with Gasteiger partial charge in [-0.15, -0.1) is 0 Å². The predicted molar refractivity (Wildman–Crippen MR) is 50.7 cm³/mol. The molecule has 0 heterocycles. The van der Waals surface area contributed by atoms with Gasteiger partial charge in [0.2, 0.25) is 0 Å². The normalized spacial score (nSPS) is 15.3. The molecule has 62 valence electrons. The van der Waals surface area contributed by atoms with Gasteiger partial charge in [0.1, 0.15) is 0 Å². The van der Waals surface area contributed by atoms with Gasteiger partial charge in [0.25, 0.3) is 0 Å². The van der Waals surface area contributed by atoms with Crippen molar-refractivity contribution in [3.63, 3.8) is 0 Å². The van der Waals surface area contributed by atoms with Crippen LogP contribution in [-0.2, 0) is 0 Å². The first-order valence-corrected chi connectivity index (χ1v) is 3.80. The fourth-order valence-electron chi connectivity index (χ4n) is 0.940. The van der Waals surface area contributed by atoms with Crippen molar-refractivity contribution in [2.24, 2.45) is 10.7 Å². The van der Waals surface area contributed by atoms with Crippen LogP contribution in [0.2, 0.25) is 0 Å². The van der Waals surface area contributed by atoms with E-state index in [0.29, 0.717) is 0 Å². The molecule has 0 aromatic rings. The molecule has 0 amide bonds. The molecule has 2 N–H and O–H groups in total. The number of allylic oxidation sites excluding steroid dienone is 1. The average Bonchev–Trinajstić information content (AvgIpc) is 2.05. The van der Waals surface area contributed by atoms with Crippen LogP contribution in [0.1, 0.15) is 20.3 Å². The monoisotopic (exact) mass is 152 g/mol. The molecule has 0 rings (SSSR count). The molecular formula is C9H16N2. The smallest absolute Gasteiger partial charge is 0.0752 e. The van der Waals surface area contributed by atoms with Crippen molar-refractivity contribution in [2.45, 2.75) is 26.3 Å². The van der Waals surface area contributed by atoms with Crippen molar-refractivity contribution in [1.82, 2.24) is 0 Å². The highest BCUT2D eigenvalue weighted by Crippen LogP contribution is 2.09. The molecule has 0 aromatic heterocycles. The SMILES string of the molecule is C=NC(CC)C(/C=C\C)=C\N. The van der Waals surface area contributed by atoms with E-state index < -0.39 is 0 Å². The van der Waals surface area contributed by atoms with E-state index in [-0.39, 0.29) is 6.04 Å². The summed E-state index contributed by atoms with van der Waals surface area (Å²) in [5.74, 6) is 0. The van der Waals surface area contributed by atoms with Crippen LogP contribution in [0, 0.1) is 0 Å². The zero-order valence-corrected chi connectivity index (χ0v) is 7.25. The van der Waals surface area contributed by atoms with Crippen LogP contribution in [0.3, 0.4) is 0 Å². The number of rotatable bonds is 4. The number of hydrogen-bond donors (Lipinski definition) is 1. The Morgan fingerprint density at radius 3 is 2.64 bits per heavy atom. The molecule has 0 aromatic carbocycles. The van der Waals surface area contributed by atoms with Gasteiger partial charge in [-0.2, -0.15) is 0 Å². The molecule has 0 aliphatic rings. The third-order valence-corrected chi connectivity index (χ3v) is 1.54. The van der Waals surface area contributed by atoms with E-state index in [4.69, 9.17) is 5.73 Å². The van der Waals surface area contributed by atoms with Crippen LogP contribution in [0.15, 0.2) is 28.9 Å². The Bertz CT molecular complexity index is 168. The first-order valence-electron chi connectivity index (χ1n) is 3.80. The Morgan fingerprint density at radius 2 is 2.36 bits per heavy atom. The molecule has 0 bridgehead atoms. The Balaban J connectivity index is 4.34. The first-order chi connectivity index (χ1) is 5.29. The number of nitrogens with two attached hydrogens (primary N) is 1. The molecule has 1 unspecified atom stereocenters. The predicted octanol–water partition coefficient (Wildman–Crippen LogP) is 1.88. The highest BCUT2D eigenvalue weighted by Gasteiger charge is 2.04. The number of aliphatic imine (C=N–C) groups is 1. The van der Waals surface area contributed by atoms with Gasteiger partial charge in [-0.25, -0.2) is 0 Å². The summed E-state index contributed by atoms with van der Waals surface area (Å²) in [6.07, 6.45) is 6.44. The van der Waals surface area contributed by atoms with Gasteiger partial charge in [-0.3, -0.25) is 4.99 Å². The highest BCUT2D eigenvalue weighted by molar-refractivity contribution is 5.31. The molecule has 0 saturated carbocycles. The van der Waals surface area contributed by atoms with Gasteiger partial charge < -0.3 is 5.73 Å². The summed E-state index contributed by atoms with van der Waals surface area (Å²) in [6, 6.07) is 0.149. The Hall–Kier alpha value is -1.05. The van der Waals surface area contributed by atoms with E-state index in [9.17, 15) is 0 Å². The van der Waals surface area contributed by atoms with Crippen molar-refractivity contribution in [1.29, 1.82) is 0 Å². The lowest BCUT2D eigenvalue weighted by Gasteiger charge is -2.08. The van der Waals surface area contributed by atoms with Crippen LogP contribution >= 0.6 is 0 Å². The van der Waals surface area contributed by atoms with E-state index in [2.05, 4.69) is 18.6 Å². The Morgan fingerprint density at radius 1 is 1.73 bits per heavy atom. The van der Waals surface area contributed by atoms with Gasteiger partial charge in [0.05, 0.1) is 6.04 Å². The van der Waals surface area contributed by atoms with E-state index in [1.165, 1.54) is 0 Å². The summed E-state index contributed by atoms with van der Waals surface area (Å²) >= 11 is 0. The quantitative estimate of drug-likeness (QED) is 0.485. The largest absolute Gasteiger partial charge is 0.404 e. The number of hydrogen-bond acceptors (Lipinski definition) is 2. The van der Waals surface area contributed by atoms with Gasteiger partial charge in [-0.1, -0.05) is 19.1 Å². The Labute approximate surface area is 68.5 Å². The average molecular weight is 152 g/mol. The lowest BCUT2D eigenvalue weighted by Crippen LogP contribution is -2.06. The van der Waals surface area contributed by atoms with Crippen molar-refractivity contribution in [3.05, 3.63) is 23.9 Å². The minimum absolute atomic E-state index is 0.149. The summed E-state index contributed by atoms with van der Waals surface area (Å²) in [7, 11) is 0. The minimum atomic E-state index is 0.149. The molecule has 2 heteroatoms. The van der Waals surface area contributed by atoms with Crippen molar-refractivity contribution in [2.75, 3.05) is 0 Å². The van der Waals surface area contributed by atoms with Gasteiger partial charge in [0, 0.05) is 0 Å². The molecular weight excluding hydrogens is 136 g/mol. The second-order valence-electron chi connectivity index (χ2n) is 2.27. The third kappa shape index (κ3) is 3.03. The zero-order chi connectivity index (χ0) is 8.69. The third-order valence-electron chi connectivity index (χ3n) is 1.54. The van der Waals surface area contributed by atoms with Crippen LogP contribution in [0.25, 0.3) is 0 Å². The lowest BCUT2D eigenvalue weighted by atomic mass is 10.1. The number of nitrogens with zero attached hydrogens (tertiary/aromatic N) is 1. The second kappa shape index (κ2) is 5.71. The summed E-state index contributed by atoms with van der Waals surface area (Å²) in [6.45, 7) is 7.52. The van der Waals surface area contributed by atoms with Crippen LogP contribution in [0.4, 0.5) is 0 Å². The molecule has 2 nitrogen and oxygen atoms in total. The van der Waals surface area contributed by atoms with Crippen molar-refractivity contribution >= 4 is 6.72 Å². The minimum Gasteiger partial charge on any atom is -0.404 e. The maximum atomic E-state index is 5.41. The fraction of sp³-hybridized carbons (Fsp3) is 0.444. The highest BCUT2D eigenvalue weighted by atomic mass is 14.7.